The Bertz CT molecular complexity index is 510. The molecule has 1 fully saturated rings. The molecule has 5 heteroatoms. The van der Waals surface area contributed by atoms with Crippen molar-refractivity contribution in [3.05, 3.63) is 29.6 Å². The number of phenols is 1. The Hall–Kier alpha value is -2.09. The third-order valence-corrected chi connectivity index (χ3v) is 3.20. The number of nitrogens with zero attached hydrogens (tertiary/aromatic N) is 1. The largest absolute Gasteiger partial charge is 0.508 e. The number of nitrogens with one attached hydrogen (secondary N) is 1. The number of phenolic OH excluding ortho intramolecular Hbond substituents is 1. The number of halogens is 1. The van der Waals surface area contributed by atoms with E-state index in [4.69, 9.17) is 10.4 Å². The van der Waals surface area contributed by atoms with Gasteiger partial charge in [-0.25, -0.2) is 4.39 Å². The average molecular weight is 248 g/mol. The molecule has 2 rings (SSSR count). The van der Waals surface area contributed by atoms with Crippen LogP contribution in [0.15, 0.2) is 18.2 Å². The molecular formula is C13H13FN2O2. The van der Waals surface area contributed by atoms with Crippen LogP contribution in [0, 0.1) is 23.1 Å². The first kappa shape index (κ1) is 12.4. The van der Waals surface area contributed by atoms with Gasteiger partial charge in [-0.15, -0.1) is 0 Å². The summed E-state index contributed by atoms with van der Waals surface area (Å²) in [5.74, 6) is -1.73. The minimum absolute atomic E-state index is 0.114. The molecule has 0 heterocycles. The molecule has 0 aromatic heterocycles. The molecule has 0 radical (unpaired) electrons. The van der Waals surface area contributed by atoms with E-state index in [1.54, 1.807) is 0 Å². The second-order valence-electron chi connectivity index (χ2n) is 4.41. The fraction of sp³-hybridized carbons (Fsp3) is 0.385. The molecule has 0 saturated heterocycles. The third-order valence-electron chi connectivity index (χ3n) is 3.20. The third kappa shape index (κ3) is 2.43. The van der Waals surface area contributed by atoms with Gasteiger partial charge < -0.3 is 10.4 Å². The molecule has 2 atom stereocenters. The topological polar surface area (TPSA) is 73.1 Å². The van der Waals surface area contributed by atoms with Crippen LogP contribution in [0.25, 0.3) is 0 Å². The van der Waals surface area contributed by atoms with E-state index in [9.17, 15) is 9.18 Å². The molecule has 2 N–H and O–H groups in total. The minimum Gasteiger partial charge on any atom is -0.508 e. The number of benzene rings is 1. The number of carbonyl (C=O) groups excluding carboxylic acids is 1. The fourth-order valence-corrected chi connectivity index (χ4v) is 2.22. The summed E-state index contributed by atoms with van der Waals surface area (Å²) in [5.41, 5.74) is -0.114. The van der Waals surface area contributed by atoms with Crippen LogP contribution in [-0.2, 0) is 0 Å². The van der Waals surface area contributed by atoms with Crippen molar-refractivity contribution < 1.29 is 14.3 Å². The molecule has 0 spiro atoms. The molecule has 4 nitrogen and oxygen atoms in total. The van der Waals surface area contributed by atoms with Crippen molar-refractivity contribution in [3.8, 4) is 11.8 Å². The van der Waals surface area contributed by atoms with E-state index in [1.807, 2.05) is 0 Å². The monoisotopic (exact) mass is 248 g/mol. The van der Waals surface area contributed by atoms with E-state index in [0.717, 1.165) is 25.3 Å². The van der Waals surface area contributed by atoms with Crippen LogP contribution in [0.5, 0.6) is 5.75 Å². The predicted octanol–water partition coefficient (Wildman–Crippen LogP) is 1.95. The first-order valence-electron chi connectivity index (χ1n) is 5.81. The lowest BCUT2D eigenvalue weighted by Gasteiger charge is -2.15. The molecule has 1 aromatic carbocycles. The Balaban J connectivity index is 2.10. The molecule has 0 bridgehead atoms. The molecule has 94 valence electrons. The summed E-state index contributed by atoms with van der Waals surface area (Å²) < 4.78 is 13.5. The second-order valence-corrected chi connectivity index (χ2v) is 4.41. The molecule has 1 amide bonds. The highest BCUT2D eigenvalue weighted by Crippen LogP contribution is 2.25. The second kappa shape index (κ2) is 5.05. The quantitative estimate of drug-likeness (QED) is 0.840. The maximum Gasteiger partial charge on any atom is 0.254 e. The van der Waals surface area contributed by atoms with E-state index in [-0.39, 0.29) is 23.3 Å². The molecule has 1 saturated carbocycles. The fourth-order valence-electron chi connectivity index (χ4n) is 2.22. The highest BCUT2D eigenvalue weighted by molar-refractivity contribution is 5.94. The first-order chi connectivity index (χ1) is 8.61. The van der Waals surface area contributed by atoms with Crippen LogP contribution >= 0.6 is 0 Å². The van der Waals surface area contributed by atoms with Crippen molar-refractivity contribution in [1.82, 2.24) is 5.32 Å². The Labute approximate surface area is 104 Å². The van der Waals surface area contributed by atoms with Crippen LogP contribution in [-0.4, -0.2) is 17.1 Å². The van der Waals surface area contributed by atoms with E-state index >= 15 is 0 Å². The lowest BCUT2D eigenvalue weighted by molar-refractivity contribution is 0.0928. The standard InChI is InChI=1S/C13H13FN2O2/c14-11-6-9(17)4-5-10(11)13(18)16-12-3-1-2-8(12)7-15/h4-6,8,12,17H,1-3H2,(H,16,18). The maximum atomic E-state index is 13.5. The van der Waals surface area contributed by atoms with Gasteiger partial charge in [0.05, 0.1) is 17.6 Å². The number of nitriles is 1. The van der Waals surface area contributed by atoms with Crippen molar-refractivity contribution in [2.45, 2.75) is 25.3 Å². The lowest BCUT2D eigenvalue weighted by atomic mass is 10.1. The molecular weight excluding hydrogens is 235 g/mol. The lowest BCUT2D eigenvalue weighted by Crippen LogP contribution is -2.37. The van der Waals surface area contributed by atoms with Crippen LogP contribution in [0.4, 0.5) is 4.39 Å². The summed E-state index contributed by atoms with van der Waals surface area (Å²) in [6, 6.07) is 5.32. The van der Waals surface area contributed by atoms with E-state index in [1.165, 1.54) is 12.1 Å². The Morgan fingerprint density at radius 2 is 2.28 bits per heavy atom. The van der Waals surface area contributed by atoms with Gasteiger partial charge in [-0.2, -0.15) is 5.26 Å². The van der Waals surface area contributed by atoms with Gasteiger partial charge in [0.2, 0.25) is 0 Å². The van der Waals surface area contributed by atoms with Gasteiger partial charge in [0.1, 0.15) is 11.6 Å². The zero-order valence-electron chi connectivity index (χ0n) is 9.69. The van der Waals surface area contributed by atoms with Crippen molar-refractivity contribution in [3.63, 3.8) is 0 Å². The number of rotatable bonds is 2. The van der Waals surface area contributed by atoms with E-state index in [2.05, 4.69) is 11.4 Å². The summed E-state index contributed by atoms with van der Waals surface area (Å²) in [7, 11) is 0. The minimum atomic E-state index is -0.765. The molecule has 18 heavy (non-hydrogen) atoms. The van der Waals surface area contributed by atoms with Crippen molar-refractivity contribution in [2.75, 3.05) is 0 Å². The number of hydrogen-bond acceptors (Lipinski definition) is 3. The normalized spacial score (nSPS) is 22.4. The maximum absolute atomic E-state index is 13.5. The van der Waals surface area contributed by atoms with Gasteiger partial charge in [0.25, 0.3) is 5.91 Å². The summed E-state index contributed by atoms with van der Waals surface area (Å²) in [6.07, 6.45) is 2.39. The van der Waals surface area contributed by atoms with Crippen LogP contribution in [0.3, 0.4) is 0 Å². The summed E-state index contributed by atoms with van der Waals surface area (Å²) in [6.45, 7) is 0. The SMILES string of the molecule is N#CC1CCCC1NC(=O)c1ccc(O)cc1F. The van der Waals surface area contributed by atoms with Crippen molar-refractivity contribution in [2.24, 2.45) is 5.92 Å². The number of hydrogen-bond donors (Lipinski definition) is 2. The molecule has 2 unspecified atom stereocenters. The zero-order chi connectivity index (χ0) is 13.1. The van der Waals surface area contributed by atoms with Gasteiger partial charge >= 0.3 is 0 Å². The number of aromatic hydroxyl groups is 1. The highest BCUT2D eigenvalue weighted by Gasteiger charge is 2.29. The molecule has 1 aliphatic rings. The first-order valence-corrected chi connectivity index (χ1v) is 5.81. The molecule has 1 aromatic rings. The van der Waals surface area contributed by atoms with Crippen LogP contribution in [0.2, 0.25) is 0 Å². The Kier molecular flexibility index (Phi) is 3.47. The summed E-state index contributed by atoms with van der Waals surface area (Å²) in [5, 5.41) is 20.6. The molecule has 0 aliphatic heterocycles. The summed E-state index contributed by atoms with van der Waals surface area (Å²) >= 11 is 0. The van der Waals surface area contributed by atoms with Crippen LogP contribution in [0.1, 0.15) is 29.6 Å². The zero-order valence-corrected chi connectivity index (χ0v) is 9.69. The predicted molar refractivity (Wildman–Crippen MR) is 62.3 cm³/mol. The van der Waals surface area contributed by atoms with Gasteiger partial charge in [-0.05, 0) is 31.4 Å². The van der Waals surface area contributed by atoms with Gasteiger partial charge in [-0.3, -0.25) is 4.79 Å². The van der Waals surface area contributed by atoms with Gasteiger partial charge in [-0.1, -0.05) is 0 Å². The van der Waals surface area contributed by atoms with Crippen molar-refractivity contribution in [1.29, 1.82) is 5.26 Å². The average Bonchev–Trinajstić information content (AvgIpc) is 2.76. The Morgan fingerprint density at radius 3 is 2.94 bits per heavy atom. The van der Waals surface area contributed by atoms with Crippen LogP contribution < -0.4 is 5.32 Å². The number of amides is 1. The van der Waals surface area contributed by atoms with Crippen molar-refractivity contribution >= 4 is 5.91 Å². The smallest absolute Gasteiger partial charge is 0.254 e. The number of carbonyl (C=O) groups is 1. The Morgan fingerprint density at radius 1 is 1.50 bits per heavy atom. The van der Waals surface area contributed by atoms with E-state index < -0.39 is 11.7 Å². The van der Waals surface area contributed by atoms with Gasteiger partial charge in [0.15, 0.2) is 0 Å². The van der Waals surface area contributed by atoms with E-state index in [0.29, 0.717) is 0 Å². The van der Waals surface area contributed by atoms with Gasteiger partial charge in [0, 0.05) is 12.1 Å². The molecule has 1 aliphatic carbocycles. The summed E-state index contributed by atoms with van der Waals surface area (Å²) in [4.78, 5) is 11.9. The highest BCUT2D eigenvalue weighted by atomic mass is 19.1.